The van der Waals surface area contributed by atoms with Crippen molar-refractivity contribution in [1.29, 1.82) is 0 Å². The van der Waals surface area contributed by atoms with Crippen LogP contribution in [0.15, 0.2) is 24.5 Å². The van der Waals surface area contributed by atoms with Gasteiger partial charge in [0.15, 0.2) is 0 Å². The van der Waals surface area contributed by atoms with E-state index in [1.54, 1.807) is 17.3 Å². The zero-order valence-corrected chi connectivity index (χ0v) is 14.6. The van der Waals surface area contributed by atoms with E-state index in [1.807, 2.05) is 17.0 Å². The first kappa shape index (κ1) is 15.4. The van der Waals surface area contributed by atoms with Crippen molar-refractivity contribution < 1.29 is 9.59 Å². The summed E-state index contributed by atoms with van der Waals surface area (Å²) >= 11 is 0. The number of piperazine rings is 1. The van der Waals surface area contributed by atoms with Crippen molar-refractivity contribution in [1.82, 2.24) is 9.88 Å². The van der Waals surface area contributed by atoms with Gasteiger partial charge in [-0.15, -0.1) is 0 Å². The number of hydrogen-bond donors (Lipinski definition) is 0. The monoisotopic (exact) mass is 339 g/mol. The van der Waals surface area contributed by atoms with Gasteiger partial charge in [0.05, 0.1) is 17.3 Å². The first-order valence-corrected chi connectivity index (χ1v) is 9.63. The highest BCUT2D eigenvalue weighted by atomic mass is 16.2. The van der Waals surface area contributed by atoms with Crippen LogP contribution >= 0.6 is 0 Å². The zero-order valence-electron chi connectivity index (χ0n) is 14.6. The van der Waals surface area contributed by atoms with Gasteiger partial charge in [0.25, 0.3) is 0 Å². The Kier molecular flexibility index (Phi) is 3.41. The summed E-state index contributed by atoms with van der Waals surface area (Å²) in [6, 6.07) is 3.75. The summed E-state index contributed by atoms with van der Waals surface area (Å²) in [6.07, 6.45) is 10.6. The maximum atomic E-state index is 13.4. The molecule has 4 aliphatic carbocycles. The average Bonchev–Trinajstić information content (AvgIpc) is 2.60. The number of hydrogen-bond acceptors (Lipinski definition) is 3. The van der Waals surface area contributed by atoms with Gasteiger partial charge in [0, 0.05) is 19.3 Å². The summed E-state index contributed by atoms with van der Waals surface area (Å²) in [4.78, 5) is 33.7. The Morgan fingerprint density at radius 1 is 1.08 bits per heavy atom. The number of anilines is 1. The van der Waals surface area contributed by atoms with Crippen LogP contribution in [0.4, 0.5) is 5.69 Å². The van der Waals surface area contributed by atoms with Crippen LogP contribution in [0.1, 0.15) is 38.5 Å². The maximum absolute atomic E-state index is 13.4. The van der Waals surface area contributed by atoms with Gasteiger partial charge in [-0.2, -0.15) is 0 Å². The molecular weight excluding hydrogens is 314 g/mol. The molecule has 2 heterocycles. The molecule has 5 nitrogen and oxygen atoms in total. The molecule has 0 unspecified atom stereocenters. The SMILES string of the molecule is O=C1CN(C(=O)C23CC4CC(CC(C4)C2)C3)CCN1c1cccnc1. The van der Waals surface area contributed by atoms with Crippen molar-refractivity contribution in [2.75, 3.05) is 24.5 Å². The predicted octanol–water partition coefficient (Wildman–Crippen LogP) is 2.47. The third kappa shape index (κ3) is 2.47. The van der Waals surface area contributed by atoms with Crippen molar-refractivity contribution in [2.24, 2.45) is 23.2 Å². The standard InChI is InChI=1S/C20H25N3O2/c24-18-13-22(4-5-23(18)17-2-1-3-21-12-17)19(25)20-9-14-6-15(10-20)8-16(7-14)11-20/h1-3,12,14-16H,4-11,13H2. The van der Waals surface area contributed by atoms with Crippen LogP contribution in [0.25, 0.3) is 0 Å². The smallest absolute Gasteiger partial charge is 0.246 e. The Hall–Kier alpha value is -1.91. The van der Waals surface area contributed by atoms with Gasteiger partial charge in [-0.1, -0.05) is 0 Å². The number of pyridine rings is 1. The molecule has 1 aromatic heterocycles. The van der Waals surface area contributed by atoms with Crippen LogP contribution in [0.5, 0.6) is 0 Å². The number of rotatable bonds is 2. The number of carbonyl (C=O) groups excluding carboxylic acids is 2. The average molecular weight is 339 g/mol. The highest BCUT2D eigenvalue weighted by molar-refractivity contribution is 5.98. The number of nitrogens with zero attached hydrogens (tertiary/aromatic N) is 3. The van der Waals surface area contributed by atoms with Crippen LogP contribution in [0.3, 0.4) is 0 Å². The van der Waals surface area contributed by atoms with Gasteiger partial charge in [0.2, 0.25) is 11.8 Å². The molecule has 0 atom stereocenters. The van der Waals surface area contributed by atoms with Gasteiger partial charge in [-0.05, 0) is 68.4 Å². The summed E-state index contributed by atoms with van der Waals surface area (Å²) < 4.78 is 0. The fraction of sp³-hybridized carbons (Fsp3) is 0.650. The second-order valence-electron chi connectivity index (χ2n) is 8.68. The molecule has 132 valence electrons. The van der Waals surface area contributed by atoms with E-state index in [-0.39, 0.29) is 23.8 Å². The Labute approximate surface area is 148 Å². The van der Waals surface area contributed by atoms with Crippen molar-refractivity contribution in [3.63, 3.8) is 0 Å². The first-order chi connectivity index (χ1) is 12.1. The Morgan fingerprint density at radius 3 is 2.32 bits per heavy atom. The molecule has 0 N–H and O–H groups in total. The van der Waals surface area contributed by atoms with Crippen LogP contribution in [-0.4, -0.2) is 41.3 Å². The van der Waals surface area contributed by atoms with Crippen molar-refractivity contribution in [3.8, 4) is 0 Å². The van der Waals surface area contributed by atoms with Crippen LogP contribution in [0.2, 0.25) is 0 Å². The lowest BCUT2D eigenvalue weighted by molar-refractivity contribution is -0.159. The lowest BCUT2D eigenvalue weighted by Crippen LogP contribution is -2.59. The minimum atomic E-state index is -0.147. The minimum Gasteiger partial charge on any atom is -0.331 e. The summed E-state index contributed by atoms with van der Waals surface area (Å²) in [5.74, 6) is 2.54. The molecular formula is C20H25N3O2. The molecule has 2 amide bonds. The van der Waals surface area contributed by atoms with Crippen LogP contribution < -0.4 is 4.90 Å². The van der Waals surface area contributed by atoms with E-state index in [1.165, 1.54) is 19.3 Å². The van der Waals surface area contributed by atoms with Crippen molar-refractivity contribution in [3.05, 3.63) is 24.5 Å². The topological polar surface area (TPSA) is 53.5 Å². The van der Waals surface area contributed by atoms with Crippen molar-refractivity contribution in [2.45, 2.75) is 38.5 Å². The molecule has 1 aliphatic heterocycles. The molecule has 5 aliphatic rings. The molecule has 4 saturated carbocycles. The summed E-state index contributed by atoms with van der Waals surface area (Å²) in [6.45, 7) is 1.43. The fourth-order valence-electron chi connectivity index (χ4n) is 6.34. The molecule has 4 bridgehead atoms. The summed E-state index contributed by atoms with van der Waals surface area (Å²) in [7, 11) is 0. The van der Waals surface area contributed by atoms with Crippen LogP contribution in [0, 0.1) is 23.2 Å². The molecule has 5 heteroatoms. The zero-order chi connectivity index (χ0) is 17.0. The number of carbonyl (C=O) groups is 2. The van der Waals surface area contributed by atoms with Gasteiger partial charge in [-0.3, -0.25) is 14.6 Å². The normalized spacial score (nSPS) is 36.8. The van der Waals surface area contributed by atoms with Crippen molar-refractivity contribution >= 4 is 17.5 Å². The van der Waals surface area contributed by atoms with Gasteiger partial charge < -0.3 is 9.80 Å². The Bertz CT molecular complexity index is 667. The lowest BCUT2D eigenvalue weighted by Gasteiger charge is -2.57. The van der Waals surface area contributed by atoms with E-state index in [0.717, 1.165) is 42.7 Å². The fourth-order valence-corrected chi connectivity index (χ4v) is 6.34. The molecule has 25 heavy (non-hydrogen) atoms. The number of aromatic nitrogens is 1. The second kappa shape index (κ2) is 5.55. The van der Waals surface area contributed by atoms with Gasteiger partial charge in [0.1, 0.15) is 6.54 Å². The molecule has 0 spiro atoms. The first-order valence-electron chi connectivity index (χ1n) is 9.63. The Balaban J connectivity index is 1.32. The van der Waals surface area contributed by atoms with Crippen LogP contribution in [-0.2, 0) is 9.59 Å². The quantitative estimate of drug-likeness (QED) is 0.832. The molecule has 0 radical (unpaired) electrons. The van der Waals surface area contributed by atoms with E-state index in [9.17, 15) is 9.59 Å². The highest BCUT2D eigenvalue weighted by Gasteiger charge is 2.56. The molecule has 5 fully saturated rings. The largest absolute Gasteiger partial charge is 0.331 e. The molecule has 6 rings (SSSR count). The molecule has 0 aromatic carbocycles. The second-order valence-corrected chi connectivity index (χ2v) is 8.68. The maximum Gasteiger partial charge on any atom is 0.246 e. The van der Waals surface area contributed by atoms with E-state index < -0.39 is 0 Å². The Morgan fingerprint density at radius 2 is 1.76 bits per heavy atom. The van der Waals surface area contributed by atoms with E-state index >= 15 is 0 Å². The lowest BCUT2D eigenvalue weighted by atomic mass is 9.49. The van der Waals surface area contributed by atoms with E-state index in [4.69, 9.17) is 0 Å². The summed E-state index contributed by atoms with van der Waals surface area (Å²) in [5.41, 5.74) is 0.681. The third-order valence-corrected chi connectivity index (χ3v) is 6.96. The summed E-state index contributed by atoms with van der Waals surface area (Å²) in [5, 5.41) is 0. The predicted molar refractivity (Wildman–Crippen MR) is 93.8 cm³/mol. The van der Waals surface area contributed by atoms with E-state index in [0.29, 0.717) is 13.1 Å². The van der Waals surface area contributed by atoms with Gasteiger partial charge in [-0.25, -0.2) is 0 Å². The molecule has 1 aromatic rings. The van der Waals surface area contributed by atoms with E-state index in [2.05, 4.69) is 4.98 Å². The third-order valence-electron chi connectivity index (χ3n) is 6.96. The van der Waals surface area contributed by atoms with Gasteiger partial charge >= 0.3 is 0 Å². The minimum absolute atomic E-state index is 0.0114. The number of amides is 2. The highest BCUT2D eigenvalue weighted by Crippen LogP contribution is 2.60. The molecule has 1 saturated heterocycles.